The molecule has 156 valence electrons. The molecule has 3 aromatic rings. The number of aromatic amines is 1. The lowest BCUT2D eigenvalue weighted by atomic mass is 9.96. The lowest BCUT2D eigenvalue weighted by Gasteiger charge is -2.32. The first-order valence-corrected chi connectivity index (χ1v) is 10.8. The summed E-state index contributed by atoms with van der Waals surface area (Å²) in [6.45, 7) is 1.62. The maximum atomic E-state index is 12.8. The molecule has 6 heteroatoms. The summed E-state index contributed by atoms with van der Waals surface area (Å²) < 4.78 is 0. The largest absolute Gasteiger partial charge is 0.361 e. The van der Waals surface area contributed by atoms with Crippen LogP contribution in [0.25, 0.3) is 10.9 Å². The highest BCUT2D eigenvalue weighted by Crippen LogP contribution is 2.22. The van der Waals surface area contributed by atoms with E-state index < -0.39 is 0 Å². The van der Waals surface area contributed by atoms with Gasteiger partial charge in [-0.15, -0.1) is 0 Å². The molecule has 1 fully saturated rings. The fraction of sp³-hybridized carbons (Fsp3) is 0.333. The number of benzene rings is 2. The Bertz CT molecular complexity index is 1050. The van der Waals surface area contributed by atoms with Gasteiger partial charge in [0.05, 0.1) is 5.92 Å². The summed E-state index contributed by atoms with van der Waals surface area (Å²) in [5.74, 6) is -0.0637. The minimum absolute atomic E-state index is 0.0101. The number of halogens is 1. The zero-order chi connectivity index (χ0) is 20.9. The lowest BCUT2D eigenvalue weighted by Crippen LogP contribution is -2.45. The van der Waals surface area contributed by atoms with Gasteiger partial charge in [-0.25, -0.2) is 0 Å². The number of rotatable bonds is 6. The van der Waals surface area contributed by atoms with Crippen LogP contribution in [0.3, 0.4) is 0 Å². The number of likely N-dealkylation sites (tertiary alicyclic amines) is 1. The van der Waals surface area contributed by atoms with Gasteiger partial charge in [0.25, 0.3) is 0 Å². The van der Waals surface area contributed by atoms with Crippen LogP contribution >= 0.6 is 11.6 Å². The number of nitrogens with zero attached hydrogens (tertiary/aromatic N) is 1. The third-order valence-electron chi connectivity index (χ3n) is 5.84. The van der Waals surface area contributed by atoms with E-state index >= 15 is 0 Å². The van der Waals surface area contributed by atoms with Crippen molar-refractivity contribution in [2.75, 3.05) is 13.1 Å². The maximum absolute atomic E-state index is 12.8. The second kappa shape index (κ2) is 9.35. The minimum atomic E-state index is -0.168. The normalized spacial score (nSPS) is 16.6. The Balaban J connectivity index is 1.30. The summed E-state index contributed by atoms with van der Waals surface area (Å²) in [6, 6.07) is 15.6. The van der Waals surface area contributed by atoms with Crippen LogP contribution in [0.1, 0.15) is 30.4 Å². The predicted molar refractivity (Wildman–Crippen MR) is 119 cm³/mol. The van der Waals surface area contributed by atoms with Crippen LogP contribution in [0, 0.1) is 5.92 Å². The van der Waals surface area contributed by atoms with E-state index in [0.29, 0.717) is 31.0 Å². The van der Waals surface area contributed by atoms with Gasteiger partial charge in [-0.05, 0) is 42.5 Å². The number of hydrogen-bond acceptors (Lipinski definition) is 2. The molecular weight excluding hydrogens is 398 g/mol. The number of carbonyl (C=O) groups excluding carboxylic acids is 2. The van der Waals surface area contributed by atoms with Gasteiger partial charge in [-0.1, -0.05) is 48.0 Å². The predicted octanol–water partition coefficient (Wildman–Crippen LogP) is 4.31. The fourth-order valence-electron chi connectivity index (χ4n) is 4.12. The van der Waals surface area contributed by atoms with E-state index in [0.717, 1.165) is 36.0 Å². The summed E-state index contributed by atoms with van der Waals surface area (Å²) >= 11 is 6.17. The van der Waals surface area contributed by atoms with Crippen molar-refractivity contribution in [2.45, 2.75) is 32.2 Å². The van der Waals surface area contributed by atoms with Crippen LogP contribution < -0.4 is 5.32 Å². The number of nitrogens with one attached hydrogen (secondary N) is 2. The van der Waals surface area contributed by atoms with E-state index in [9.17, 15) is 9.59 Å². The first-order chi connectivity index (χ1) is 14.6. The van der Waals surface area contributed by atoms with Gasteiger partial charge in [0.1, 0.15) is 0 Å². The number of fused-ring (bicyclic) bond motifs is 1. The highest BCUT2D eigenvalue weighted by Gasteiger charge is 2.28. The molecule has 0 bridgehead atoms. The van der Waals surface area contributed by atoms with Crippen molar-refractivity contribution < 1.29 is 9.59 Å². The highest BCUT2D eigenvalue weighted by molar-refractivity contribution is 6.31. The average Bonchev–Trinajstić information content (AvgIpc) is 3.20. The van der Waals surface area contributed by atoms with Crippen molar-refractivity contribution in [3.8, 4) is 0 Å². The van der Waals surface area contributed by atoms with Crippen LogP contribution in [0.2, 0.25) is 5.02 Å². The van der Waals surface area contributed by atoms with Gasteiger partial charge >= 0.3 is 0 Å². The summed E-state index contributed by atoms with van der Waals surface area (Å²) in [5.41, 5.74) is 3.15. The Kier molecular flexibility index (Phi) is 6.38. The van der Waals surface area contributed by atoms with Crippen molar-refractivity contribution in [3.63, 3.8) is 0 Å². The standard InChI is InChI=1S/C24H26ClN3O2/c25-21-9-3-1-6-18(21)15-27-24(30)19-7-5-13-28(16-19)23(29)12-11-17-14-26-22-10-4-2-8-20(17)22/h1-4,6,8-10,14,19,26H,5,7,11-13,15-16H2,(H,27,30)/t19-/m0/s1. The molecule has 0 aliphatic carbocycles. The number of aromatic nitrogens is 1. The SMILES string of the molecule is O=C(NCc1ccccc1Cl)[C@H]1CCCN(C(=O)CCc2c[nH]c3ccccc23)C1. The Morgan fingerprint density at radius 3 is 2.77 bits per heavy atom. The molecule has 2 amide bonds. The second-order valence-electron chi connectivity index (χ2n) is 7.85. The van der Waals surface area contributed by atoms with Gasteiger partial charge in [0.2, 0.25) is 11.8 Å². The minimum Gasteiger partial charge on any atom is -0.361 e. The van der Waals surface area contributed by atoms with Crippen LogP contribution in [-0.2, 0) is 22.6 Å². The number of para-hydroxylation sites is 1. The zero-order valence-electron chi connectivity index (χ0n) is 16.9. The molecule has 1 aromatic heterocycles. The molecule has 1 aliphatic heterocycles. The molecule has 2 N–H and O–H groups in total. The number of aryl methyl sites for hydroxylation is 1. The van der Waals surface area contributed by atoms with Crippen LogP contribution in [0.15, 0.2) is 54.7 Å². The summed E-state index contributed by atoms with van der Waals surface area (Å²) in [4.78, 5) is 30.5. The second-order valence-corrected chi connectivity index (χ2v) is 8.25. The van der Waals surface area contributed by atoms with Gasteiger partial charge in [0, 0.05) is 48.2 Å². The molecule has 0 saturated carbocycles. The van der Waals surface area contributed by atoms with Crippen molar-refractivity contribution in [3.05, 3.63) is 70.9 Å². The van der Waals surface area contributed by atoms with E-state index in [1.165, 1.54) is 5.39 Å². The number of hydrogen-bond donors (Lipinski definition) is 2. The smallest absolute Gasteiger partial charge is 0.225 e. The van der Waals surface area contributed by atoms with Crippen LogP contribution in [-0.4, -0.2) is 34.8 Å². The molecule has 1 atom stereocenters. The molecular formula is C24H26ClN3O2. The molecule has 2 aromatic carbocycles. The molecule has 5 nitrogen and oxygen atoms in total. The summed E-state index contributed by atoms with van der Waals surface area (Å²) in [6.07, 6.45) is 4.79. The number of piperidine rings is 1. The summed E-state index contributed by atoms with van der Waals surface area (Å²) in [5, 5.41) is 4.79. The van der Waals surface area contributed by atoms with Crippen molar-refractivity contribution >= 4 is 34.3 Å². The third-order valence-corrected chi connectivity index (χ3v) is 6.21. The molecule has 0 spiro atoms. The molecule has 0 unspecified atom stereocenters. The van der Waals surface area contributed by atoms with Crippen LogP contribution in [0.5, 0.6) is 0 Å². The number of H-pyrrole nitrogens is 1. The van der Waals surface area contributed by atoms with E-state index in [1.807, 2.05) is 53.6 Å². The first kappa shape index (κ1) is 20.5. The van der Waals surface area contributed by atoms with E-state index in [4.69, 9.17) is 11.6 Å². The fourth-order valence-corrected chi connectivity index (χ4v) is 4.33. The third kappa shape index (κ3) is 4.68. The van der Waals surface area contributed by atoms with E-state index in [2.05, 4.69) is 16.4 Å². The Labute approximate surface area is 181 Å². The Morgan fingerprint density at radius 2 is 1.90 bits per heavy atom. The lowest BCUT2D eigenvalue weighted by molar-refractivity contribution is -0.135. The van der Waals surface area contributed by atoms with Crippen molar-refractivity contribution in [2.24, 2.45) is 5.92 Å². The molecule has 1 aliphatic rings. The molecule has 1 saturated heterocycles. The monoisotopic (exact) mass is 423 g/mol. The van der Waals surface area contributed by atoms with Gasteiger partial charge in [0.15, 0.2) is 0 Å². The molecule has 2 heterocycles. The molecule has 30 heavy (non-hydrogen) atoms. The average molecular weight is 424 g/mol. The van der Waals surface area contributed by atoms with E-state index in [1.54, 1.807) is 0 Å². The maximum Gasteiger partial charge on any atom is 0.225 e. The quantitative estimate of drug-likeness (QED) is 0.620. The van der Waals surface area contributed by atoms with Crippen LogP contribution in [0.4, 0.5) is 0 Å². The van der Waals surface area contributed by atoms with Gasteiger partial charge in [-0.3, -0.25) is 9.59 Å². The Morgan fingerprint density at radius 1 is 1.10 bits per heavy atom. The topological polar surface area (TPSA) is 65.2 Å². The van der Waals surface area contributed by atoms with E-state index in [-0.39, 0.29) is 17.7 Å². The summed E-state index contributed by atoms with van der Waals surface area (Å²) in [7, 11) is 0. The molecule has 4 rings (SSSR count). The van der Waals surface area contributed by atoms with Crippen molar-refractivity contribution in [1.29, 1.82) is 0 Å². The van der Waals surface area contributed by atoms with Gasteiger partial charge < -0.3 is 15.2 Å². The number of amides is 2. The number of carbonyl (C=O) groups is 2. The molecule has 0 radical (unpaired) electrons. The highest BCUT2D eigenvalue weighted by atomic mass is 35.5. The Hall–Kier alpha value is -2.79. The zero-order valence-corrected chi connectivity index (χ0v) is 17.6. The van der Waals surface area contributed by atoms with Crippen molar-refractivity contribution in [1.82, 2.24) is 15.2 Å². The first-order valence-electron chi connectivity index (χ1n) is 10.5. The van der Waals surface area contributed by atoms with Gasteiger partial charge in [-0.2, -0.15) is 0 Å².